The summed E-state index contributed by atoms with van der Waals surface area (Å²) in [6, 6.07) is 11.1. The van der Waals surface area contributed by atoms with Crippen molar-refractivity contribution in [2.45, 2.75) is 18.6 Å². The SMILES string of the molecule is COc1cc2nc(N3CCN(CC(O)C4(C)COc5ccccc5O4)CC3)nc(N)c2cc1OC. The van der Waals surface area contributed by atoms with Crippen molar-refractivity contribution in [1.82, 2.24) is 14.9 Å². The normalized spacial score (nSPS) is 21.1. The van der Waals surface area contributed by atoms with Crippen LogP contribution >= 0.6 is 0 Å². The second kappa shape index (κ2) is 9.27. The second-order valence-corrected chi connectivity index (χ2v) is 9.09. The van der Waals surface area contributed by atoms with E-state index in [2.05, 4.69) is 14.8 Å². The Bertz CT molecular complexity index is 1220. The average molecular weight is 482 g/mol. The fourth-order valence-corrected chi connectivity index (χ4v) is 4.50. The van der Waals surface area contributed by atoms with Gasteiger partial charge in [0.15, 0.2) is 28.6 Å². The van der Waals surface area contributed by atoms with Crippen molar-refractivity contribution in [3.8, 4) is 23.0 Å². The van der Waals surface area contributed by atoms with E-state index < -0.39 is 11.7 Å². The molecule has 3 heterocycles. The number of hydrogen-bond donors (Lipinski definition) is 2. The first-order valence-electron chi connectivity index (χ1n) is 11.7. The Morgan fingerprint density at radius 2 is 1.74 bits per heavy atom. The third-order valence-corrected chi connectivity index (χ3v) is 6.72. The zero-order valence-electron chi connectivity index (χ0n) is 20.2. The summed E-state index contributed by atoms with van der Waals surface area (Å²) in [7, 11) is 3.17. The van der Waals surface area contributed by atoms with E-state index in [-0.39, 0.29) is 0 Å². The number of para-hydroxylation sites is 2. The maximum atomic E-state index is 11.0. The van der Waals surface area contributed by atoms with E-state index in [1.807, 2.05) is 37.3 Å². The number of hydrogen-bond acceptors (Lipinski definition) is 10. The van der Waals surface area contributed by atoms with E-state index >= 15 is 0 Å². The Morgan fingerprint density at radius 3 is 2.46 bits per heavy atom. The molecule has 0 amide bonds. The number of aromatic nitrogens is 2. The van der Waals surface area contributed by atoms with E-state index in [9.17, 15) is 5.11 Å². The maximum Gasteiger partial charge on any atom is 0.227 e. The molecular weight excluding hydrogens is 450 g/mol. The average Bonchev–Trinajstić information content (AvgIpc) is 2.88. The van der Waals surface area contributed by atoms with Gasteiger partial charge in [-0.1, -0.05) is 12.1 Å². The van der Waals surface area contributed by atoms with Crippen LogP contribution in [0.25, 0.3) is 10.9 Å². The van der Waals surface area contributed by atoms with Crippen molar-refractivity contribution in [2.24, 2.45) is 0 Å². The number of rotatable bonds is 6. The lowest BCUT2D eigenvalue weighted by Gasteiger charge is -2.42. The first-order chi connectivity index (χ1) is 16.9. The highest BCUT2D eigenvalue weighted by atomic mass is 16.6. The van der Waals surface area contributed by atoms with Crippen molar-refractivity contribution in [3.63, 3.8) is 0 Å². The topological polar surface area (TPSA) is 115 Å². The molecule has 1 saturated heterocycles. The van der Waals surface area contributed by atoms with Gasteiger partial charge in [-0.05, 0) is 25.1 Å². The Kier molecular flexibility index (Phi) is 6.16. The summed E-state index contributed by atoms with van der Waals surface area (Å²) in [4.78, 5) is 13.6. The molecule has 5 rings (SSSR count). The van der Waals surface area contributed by atoms with E-state index in [0.717, 1.165) is 18.5 Å². The molecule has 2 aliphatic heterocycles. The van der Waals surface area contributed by atoms with Crippen LogP contribution in [0.15, 0.2) is 36.4 Å². The standard InChI is InChI=1S/C25H31N5O5/c1-25(15-34-18-6-4-5-7-19(18)35-25)22(31)14-29-8-10-30(11-9-29)24-27-17-13-21(33-3)20(32-2)12-16(17)23(26)28-24/h4-7,12-13,22,31H,8-11,14-15H2,1-3H3,(H2,26,27,28). The molecule has 35 heavy (non-hydrogen) atoms. The molecule has 0 aliphatic carbocycles. The number of piperazine rings is 1. The molecule has 0 bridgehead atoms. The number of nitrogens with zero attached hydrogens (tertiary/aromatic N) is 4. The quantitative estimate of drug-likeness (QED) is 0.541. The van der Waals surface area contributed by atoms with Crippen molar-refractivity contribution in [1.29, 1.82) is 0 Å². The van der Waals surface area contributed by atoms with Crippen molar-refractivity contribution < 1.29 is 24.1 Å². The molecule has 2 unspecified atom stereocenters. The lowest BCUT2D eigenvalue weighted by atomic mass is 9.97. The van der Waals surface area contributed by atoms with Crippen molar-refractivity contribution in [2.75, 3.05) is 64.2 Å². The molecule has 3 N–H and O–H groups in total. The van der Waals surface area contributed by atoms with Gasteiger partial charge in [0.2, 0.25) is 5.95 Å². The third-order valence-electron chi connectivity index (χ3n) is 6.72. The number of nitrogen functional groups attached to an aromatic ring is 1. The molecular formula is C25H31N5O5. The van der Waals surface area contributed by atoms with Gasteiger partial charge in [-0.15, -0.1) is 0 Å². The Balaban J connectivity index is 1.24. The molecule has 2 aliphatic rings. The lowest BCUT2D eigenvalue weighted by molar-refractivity contribution is -0.0938. The lowest BCUT2D eigenvalue weighted by Crippen LogP contribution is -2.58. The molecule has 0 saturated carbocycles. The van der Waals surface area contributed by atoms with Crippen LogP contribution in [0.4, 0.5) is 11.8 Å². The zero-order chi connectivity index (χ0) is 24.6. The van der Waals surface area contributed by atoms with E-state index in [1.54, 1.807) is 20.3 Å². The first kappa shape index (κ1) is 23.3. The van der Waals surface area contributed by atoms with Gasteiger partial charge >= 0.3 is 0 Å². The van der Waals surface area contributed by atoms with Crippen LogP contribution in [0.3, 0.4) is 0 Å². The van der Waals surface area contributed by atoms with Crippen LogP contribution in [0.2, 0.25) is 0 Å². The fourth-order valence-electron chi connectivity index (χ4n) is 4.50. The highest BCUT2D eigenvalue weighted by Crippen LogP contribution is 2.37. The molecule has 10 heteroatoms. The van der Waals surface area contributed by atoms with E-state index in [1.165, 1.54) is 0 Å². The monoisotopic (exact) mass is 481 g/mol. The van der Waals surface area contributed by atoms with E-state index in [4.69, 9.17) is 29.7 Å². The number of nitrogens with two attached hydrogens (primary N) is 1. The van der Waals surface area contributed by atoms with Crippen molar-refractivity contribution in [3.05, 3.63) is 36.4 Å². The summed E-state index contributed by atoms with van der Waals surface area (Å²) in [6.45, 7) is 5.58. The van der Waals surface area contributed by atoms with Gasteiger partial charge in [0.25, 0.3) is 0 Å². The predicted octanol–water partition coefficient (Wildman–Crippen LogP) is 1.94. The van der Waals surface area contributed by atoms with Crippen LogP contribution in [0.5, 0.6) is 23.0 Å². The first-order valence-corrected chi connectivity index (χ1v) is 11.7. The van der Waals surface area contributed by atoms with Gasteiger partial charge in [0.1, 0.15) is 18.5 Å². The Hall–Kier alpha value is -3.50. The van der Waals surface area contributed by atoms with Crippen LogP contribution in [0.1, 0.15) is 6.92 Å². The molecule has 0 spiro atoms. The predicted molar refractivity (Wildman–Crippen MR) is 133 cm³/mol. The van der Waals surface area contributed by atoms with Crippen LogP contribution in [-0.2, 0) is 0 Å². The number of anilines is 2. The number of ether oxygens (including phenoxy) is 4. The molecule has 10 nitrogen and oxygen atoms in total. The summed E-state index contributed by atoms with van der Waals surface area (Å²) in [5.74, 6) is 3.51. The van der Waals surface area contributed by atoms with Gasteiger partial charge < -0.3 is 34.7 Å². The molecule has 0 radical (unpaired) electrons. The second-order valence-electron chi connectivity index (χ2n) is 9.09. The number of aliphatic hydroxyl groups excluding tert-OH is 1. The number of fused-ring (bicyclic) bond motifs is 2. The highest BCUT2D eigenvalue weighted by Gasteiger charge is 2.41. The summed E-state index contributed by atoms with van der Waals surface area (Å²) >= 11 is 0. The van der Waals surface area contributed by atoms with Crippen molar-refractivity contribution >= 4 is 22.7 Å². The number of β-amino-alcohol motifs (C(OH)–C–C–N with tert-alkyl or cyclic N) is 1. The summed E-state index contributed by atoms with van der Waals surface area (Å²) in [5.41, 5.74) is 6.14. The van der Waals surface area contributed by atoms with Gasteiger partial charge in [0, 0.05) is 44.2 Å². The van der Waals surface area contributed by atoms with Gasteiger partial charge in [0.05, 0.1) is 19.7 Å². The molecule has 186 valence electrons. The Labute approximate surface area is 204 Å². The number of aliphatic hydroxyl groups is 1. The number of benzene rings is 2. The number of methoxy groups -OCH3 is 2. The minimum Gasteiger partial charge on any atom is -0.493 e. The maximum absolute atomic E-state index is 11.0. The van der Waals surface area contributed by atoms with Crippen LogP contribution in [-0.4, -0.2) is 85.2 Å². The molecule has 2 atom stereocenters. The third kappa shape index (κ3) is 4.46. The Morgan fingerprint density at radius 1 is 1.06 bits per heavy atom. The van der Waals surface area contributed by atoms with E-state index in [0.29, 0.717) is 66.5 Å². The summed E-state index contributed by atoms with van der Waals surface area (Å²) in [6.07, 6.45) is -0.711. The largest absolute Gasteiger partial charge is 0.493 e. The minimum absolute atomic E-state index is 0.295. The zero-order valence-corrected chi connectivity index (χ0v) is 20.2. The van der Waals surface area contributed by atoms with Gasteiger partial charge in [-0.25, -0.2) is 4.98 Å². The molecule has 1 aromatic heterocycles. The summed E-state index contributed by atoms with van der Waals surface area (Å²) in [5, 5.41) is 11.7. The smallest absolute Gasteiger partial charge is 0.227 e. The molecule has 3 aromatic rings. The van der Waals surface area contributed by atoms with Gasteiger partial charge in [-0.3, -0.25) is 4.90 Å². The van der Waals surface area contributed by atoms with Crippen LogP contribution < -0.4 is 29.6 Å². The highest BCUT2D eigenvalue weighted by molar-refractivity contribution is 5.91. The van der Waals surface area contributed by atoms with Crippen LogP contribution in [0, 0.1) is 0 Å². The summed E-state index contributed by atoms with van der Waals surface area (Å²) < 4.78 is 22.8. The fraction of sp³-hybridized carbons (Fsp3) is 0.440. The van der Waals surface area contributed by atoms with Gasteiger partial charge in [-0.2, -0.15) is 4.98 Å². The minimum atomic E-state index is -0.818. The molecule has 1 fully saturated rings. The molecule has 2 aromatic carbocycles.